The number of thioether (sulfide) groups is 1. The molecule has 0 atom stereocenters. The fourth-order valence-corrected chi connectivity index (χ4v) is 3.67. The van der Waals surface area contributed by atoms with Crippen LogP contribution in [0.25, 0.3) is 0 Å². The Morgan fingerprint density at radius 3 is 2.70 bits per heavy atom. The summed E-state index contributed by atoms with van der Waals surface area (Å²) in [5.74, 6) is 0.826. The second-order valence-corrected chi connectivity index (χ2v) is 7.88. The van der Waals surface area contributed by atoms with E-state index < -0.39 is 0 Å². The second-order valence-electron chi connectivity index (χ2n) is 5.59. The zero-order chi connectivity index (χ0) is 19.2. The lowest BCUT2D eigenvalue weighted by atomic mass is 10.2. The molecule has 0 fully saturated rings. The third-order valence-electron chi connectivity index (χ3n) is 3.59. The molecule has 0 radical (unpaired) electrons. The molecule has 5 nitrogen and oxygen atoms in total. The van der Waals surface area contributed by atoms with E-state index in [4.69, 9.17) is 11.6 Å². The molecule has 0 aliphatic heterocycles. The molecule has 8 heteroatoms. The number of benzene rings is 2. The van der Waals surface area contributed by atoms with Gasteiger partial charge in [-0.1, -0.05) is 63.6 Å². The summed E-state index contributed by atoms with van der Waals surface area (Å²) in [5, 5.41) is 12.4. The molecule has 0 unspecified atom stereocenters. The van der Waals surface area contributed by atoms with Gasteiger partial charge in [0.05, 0.1) is 0 Å². The number of aromatic nitrogens is 3. The maximum Gasteiger partial charge on any atom is 0.297 e. The third-order valence-corrected chi connectivity index (χ3v) is 5.40. The van der Waals surface area contributed by atoms with Gasteiger partial charge in [-0.25, -0.2) is 0 Å². The summed E-state index contributed by atoms with van der Waals surface area (Å²) in [4.78, 5) is 12.8. The Morgan fingerprint density at radius 2 is 2.00 bits per heavy atom. The number of allylic oxidation sites excluding steroid dienone is 1. The molecule has 0 aliphatic rings. The topological polar surface area (TPSA) is 59.8 Å². The first-order chi connectivity index (χ1) is 13.1. The van der Waals surface area contributed by atoms with E-state index >= 15 is 0 Å². The minimum atomic E-state index is -0.261. The fourth-order valence-electron chi connectivity index (χ4n) is 2.31. The molecule has 0 amide bonds. The molecule has 3 rings (SSSR count). The van der Waals surface area contributed by atoms with Crippen molar-refractivity contribution in [2.24, 2.45) is 0 Å². The highest BCUT2D eigenvalue weighted by atomic mass is 79.9. The van der Waals surface area contributed by atoms with E-state index in [1.807, 2.05) is 24.3 Å². The van der Waals surface area contributed by atoms with E-state index in [0.717, 1.165) is 10.0 Å². The van der Waals surface area contributed by atoms with Crippen LogP contribution in [0.2, 0.25) is 5.02 Å². The van der Waals surface area contributed by atoms with Crippen LogP contribution in [0.5, 0.6) is 0 Å². The lowest BCUT2D eigenvalue weighted by molar-refractivity contribution is 0.626. The molecule has 0 saturated carbocycles. The van der Waals surface area contributed by atoms with E-state index in [2.05, 4.69) is 38.0 Å². The van der Waals surface area contributed by atoms with Gasteiger partial charge >= 0.3 is 0 Å². The smallest absolute Gasteiger partial charge is 0.297 e. The largest absolute Gasteiger partial charge is 0.334 e. The lowest BCUT2D eigenvalue weighted by Gasteiger charge is -2.11. The lowest BCUT2D eigenvalue weighted by Crippen LogP contribution is -2.26. The van der Waals surface area contributed by atoms with Crippen LogP contribution in [0, 0.1) is 0 Å². The first-order valence-electron chi connectivity index (χ1n) is 8.05. The molecule has 1 aromatic heterocycles. The minimum absolute atomic E-state index is 0.145. The molecular formula is C19H16BrClN4OS. The highest BCUT2D eigenvalue weighted by Crippen LogP contribution is 2.22. The van der Waals surface area contributed by atoms with Gasteiger partial charge in [0.25, 0.3) is 5.56 Å². The highest BCUT2D eigenvalue weighted by Gasteiger charge is 2.12. The number of anilines is 2. The predicted molar refractivity (Wildman–Crippen MR) is 115 cm³/mol. The van der Waals surface area contributed by atoms with Crippen molar-refractivity contribution in [3.63, 3.8) is 0 Å². The zero-order valence-electron chi connectivity index (χ0n) is 14.2. The SMILES string of the molecule is C=CCn1c(SCc2ccc(Br)cc2)nnc(Nc2cccc(Cl)c2)c1=O. The number of halogens is 2. The van der Waals surface area contributed by atoms with Crippen LogP contribution in [0.3, 0.4) is 0 Å². The van der Waals surface area contributed by atoms with Crippen LogP contribution < -0.4 is 10.9 Å². The molecule has 1 N–H and O–H groups in total. The van der Waals surface area contributed by atoms with Crippen molar-refractivity contribution in [2.75, 3.05) is 5.32 Å². The van der Waals surface area contributed by atoms with Crippen LogP contribution in [0.15, 0.2) is 75.6 Å². The Morgan fingerprint density at radius 1 is 1.22 bits per heavy atom. The molecule has 0 spiro atoms. The summed E-state index contributed by atoms with van der Waals surface area (Å²) in [7, 11) is 0. The average Bonchev–Trinajstić information content (AvgIpc) is 2.66. The van der Waals surface area contributed by atoms with Crippen LogP contribution in [0.1, 0.15) is 5.56 Å². The molecule has 1 heterocycles. The van der Waals surface area contributed by atoms with Gasteiger partial charge in [-0.3, -0.25) is 9.36 Å². The van der Waals surface area contributed by atoms with Crippen molar-refractivity contribution in [3.8, 4) is 0 Å². The Labute approximate surface area is 174 Å². The monoisotopic (exact) mass is 462 g/mol. The molecule has 138 valence electrons. The molecule has 0 saturated heterocycles. The maximum atomic E-state index is 12.8. The number of nitrogens with zero attached hydrogens (tertiary/aromatic N) is 3. The van der Waals surface area contributed by atoms with Gasteiger partial charge in [0.2, 0.25) is 5.82 Å². The van der Waals surface area contributed by atoms with E-state index in [0.29, 0.717) is 28.2 Å². The van der Waals surface area contributed by atoms with Gasteiger partial charge in [-0.2, -0.15) is 0 Å². The summed E-state index contributed by atoms with van der Waals surface area (Å²) in [6.45, 7) is 4.08. The first-order valence-corrected chi connectivity index (χ1v) is 10.2. The molecule has 3 aromatic rings. The Bertz CT molecular complexity index is 1010. The third kappa shape index (κ3) is 5.22. The number of hydrogen-bond acceptors (Lipinski definition) is 5. The second kappa shape index (κ2) is 9.21. The van der Waals surface area contributed by atoms with Crippen LogP contribution in [-0.2, 0) is 12.3 Å². The Balaban J connectivity index is 1.84. The molecule has 2 aromatic carbocycles. The Kier molecular flexibility index (Phi) is 6.71. The van der Waals surface area contributed by atoms with Crippen LogP contribution in [0.4, 0.5) is 11.5 Å². The van der Waals surface area contributed by atoms with Crippen LogP contribution in [-0.4, -0.2) is 14.8 Å². The fraction of sp³-hybridized carbons (Fsp3) is 0.105. The molecule has 27 heavy (non-hydrogen) atoms. The molecular weight excluding hydrogens is 448 g/mol. The van der Waals surface area contributed by atoms with E-state index in [1.165, 1.54) is 11.8 Å². The standard InChI is InChI=1S/C19H16BrClN4OS/c1-2-10-25-18(26)17(22-16-5-3-4-15(21)11-16)23-24-19(25)27-12-13-6-8-14(20)9-7-13/h2-9,11H,1,10,12H2,(H,22,23). The van der Waals surface area contributed by atoms with Crippen molar-refractivity contribution in [3.05, 3.63) is 86.6 Å². The van der Waals surface area contributed by atoms with E-state index in [1.54, 1.807) is 34.9 Å². The van der Waals surface area contributed by atoms with Gasteiger partial charge in [0, 0.05) is 27.5 Å². The van der Waals surface area contributed by atoms with Crippen LogP contribution >= 0.6 is 39.3 Å². The maximum absolute atomic E-state index is 12.8. The summed E-state index contributed by atoms with van der Waals surface area (Å²) < 4.78 is 2.58. The summed E-state index contributed by atoms with van der Waals surface area (Å²) in [6.07, 6.45) is 1.66. The average molecular weight is 464 g/mol. The number of nitrogens with one attached hydrogen (secondary N) is 1. The van der Waals surface area contributed by atoms with Crippen molar-refractivity contribution >= 4 is 50.8 Å². The molecule has 0 bridgehead atoms. The molecule has 0 aliphatic carbocycles. The number of hydrogen-bond donors (Lipinski definition) is 1. The highest BCUT2D eigenvalue weighted by molar-refractivity contribution is 9.10. The predicted octanol–water partition coefficient (Wildman–Crippen LogP) is 5.28. The van der Waals surface area contributed by atoms with Crippen molar-refractivity contribution in [2.45, 2.75) is 17.5 Å². The quantitative estimate of drug-likeness (QED) is 0.382. The number of rotatable bonds is 7. The van der Waals surface area contributed by atoms with Gasteiger partial charge < -0.3 is 5.32 Å². The summed E-state index contributed by atoms with van der Waals surface area (Å²) >= 11 is 10.9. The van der Waals surface area contributed by atoms with Gasteiger partial charge in [-0.15, -0.1) is 16.8 Å². The normalized spacial score (nSPS) is 10.6. The van der Waals surface area contributed by atoms with E-state index in [9.17, 15) is 4.79 Å². The van der Waals surface area contributed by atoms with E-state index in [-0.39, 0.29) is 11.4 Å². The van der Waals surface area contributed by atoms with Crippen molar-refractivity contribution in [1.29, 1.82) is 0 Å². The Hall–Kier alpha value is -2.09. The van der Waals surface area contributed by atoms with Gasteiger partial charge in [0.1, 0.15) is 0 Å². The zero-order valence-corrected chi connectivity index (χ0v) is 17.4. The van der Waals surface area contributed by atoms with Crippen molar-refractivity contribution < 1.29 is 0 Å². The minimum Gasteiger partial charge on any atom is -0.334 e. The van der Waals surface area contributed by atoms with Gasteiger partial charge in [0.15, 0.2) is 5.16 Å². The summed E-state index contributed by atoms with van der Waals surface area (Å²) in [6, 6.07) is 15.1. The van der Waals surface area contributed by atoms with Crippen molar-refractivity contribution in [1.82, 2.24) is 14.8 Å². The van der Waals surface area contributed by atoms with Gasteiger partial charge in [-0.05, 0) is 35.9 Å². The first kappa shape index (κ1) is 19.7. The summed E-state index contributed by atoms with van der Waals surface area (Å²) in [5.41, 5.74) is 1.54.